The van der Waals surface area contributed by atoms with E-state index in [2.05, 4.69) is 0 Å². The standard InChI is InChI=1S/C20H19F3N2O2/c1-11-2-3-14(24)10-15(11)20(27)25-6-4-12(5-7-25)19(26)18-16(22)8-13(21)9-17(18)23/h2-3,8-10,12H,4-7,24H2,1H3. The summed E-state index contributed by atoms with van der Waals surface area (Å²) >= 11 is 0. The molecule has 2 aromatic rings. The Morgan fingerprint density at radius 1 is 1.04 bits per heavy atom. The van der Waals surface area contributed by atoms with Crippen molar-refractivity contribution in [3.8, 4) is 0 Å². The Hall–Kier alpha value is -2.83. The van der Waals surface area contributed by atoms with Crippen molar-refractivity contribution in [1.82, 2.24) is 4.90 Å². The lowest BCUT2D eigenvalue weighted by Gasteiger charge is -2.32. The van der Waals surface area contributed by atoms with Gasteiger partial charge in [0.25, 0.3) is 5.91 Å². The van der Waals surface area contributed by atoms with Crippen LogP contribution in [-0.2, 0) is 0 Å². The minimum atomic E-state index is -1.20. The van der Waals surface area contributed by atoms with E-state index >= 15 is 0 Å². The number of benzene rings is 2. The molecule has 0 atom stereocenters. The second kappa shape index (κ2) is 7.42. The second-order valence-electron chi connectivity index (χ2n) is 6.75. The van der Waals surface area contributed by atoms with Crippen molar-refractivity contribution in [2.45, 2.75) is 19.8 Å². The van der Waals surface area contributed by atoms with Gasteiger partial charge in [-0.1, -0.05) is 6.07 Å². The van der Waals surface area contributed by atoms with Crippen LogP contribution in [0.1, 0.15) is 39.1 Å². The molecule has 2 N–H and O–H groups in total. The number of anilines is 1. The first-order valence-electron chi connectivity index (χ1n) is 8.62. The zero-order valence-corrected chi connectivity index (χ0v) is 14.8. The maximum absolute atomic E-state index is 13.8. The summed E-state index contributed by atoms with van der Waals surface area (Å²) in [5.41, 5.74) is 6.80. The first-order chi connectivity index (χ1) is 12.8. The molecule has 1 amide bonds. The Bertz CT molecular complexity index is 883. The maximum Gasteiger partial charge on any atom is 0.254 e. The molecule has 1 fully saturated rings. The van der Waals surface area contributed by atoms with E-state index in [1.165, 1.54) is 0 Å². The molecule has 142 valence electrons. The van der Waals surface area contributed by atoms with Gasteiger partial charge < -0.3 is 10.6 Å². The summed E-state index contributed by atoms with van der Waals surface area (Å²) in [6, 6.07) is 6.08. The van der Waals surface area contributed by atoms with Crippen LogP contribution in [0.15, 0.2) is 30.3 Å². The predicted molar refractivity (Wildman–Crippen MR) is 94.9 cm³/mol. The van der Waals surface area contributed by atoms with Crippen LogP contribution in [-0.4, -0.2) is 29.7 Å². The van der Waals surface area contributed by atoms with Crippen molar-refractivity contribution in [1.29, 1.82) is 0 Å². The van der Waals surface area contributed by atoms with Gasteiger partial charge in [-0.2, -0.15) is 0 Å². The quantitative estimate of drug-likeness (QED) is 0.656. The van der Waals surface area contributed by atoms with Crippen LogP contribution in [0.25, 0.3) is 0 Å². The zero-order valence-electron chi connectivity index (χ0n) is 14.8. The van der Waals surface area contributed by atoms with Crippen molar-refractivity contribution in [3.63, 3.8) is 0 Å². The number of nitrogens with two attached hydrogens (primary N) is 1. The molecule has 1 aliphatic rings. The second-order valence-corrected chi connectivity index (χ2v) is 6.75. The van der Waals surface area contributed by atoms with Crippen molar-refractivity contribution in [3.05, 3.63) is 64.5 Å². The van der Waals surface area contributed by atoms with Crippen molar-refractivity contribution >= 4 is 17.4 Å². The van der Waals surface area contributed by atoms with Gasteiger partial charge in [0.05, 0.1) is 5.56 Å². The first kappa shape index (κ1) is 18.9. The maximum atomic E-state index is 13.8. The number of aryl methyl sites for hydroxylation is 1. The smallest absolute Gasteiger partial charge is 0.254 e. The Morgan fingerprint density at radius 3 is 2.22 bits per heavy atom. The van der Waals surface area contributed by atoms with E-state index in [1.54, 1.807) is 23.1 Å². The number of carbonyl (C=O) groups excluding carboxylic acids is 2. The summed E-state index contributed by atoms with van der Waals surface area (Å²) in [4.78, 5) is 26.8. The SMILES string of the molecule is Cc1ccc(N)cc1C(=O)N1CCC(C(=O)c2c(F)cc(F)cc2F)CC1. The summed E-state index contributed by atoms with van der Waals surface area (Å²) in [6.45, 7) is 2.38. The van der Waals surface area contributed by atoms with Crippen molar-refractivity contribution in [2.75, 3.05) is 18.8 Å². The largest absolute Gasteiger partial charge is 0.399 e. The van der Waals surface area contributed by atoms with E-state index in [0.717, 1.165) is 5.56 Å². The Balaban J connectivity index is 1.71. The van der Waals surface area contributed by atoms with Crippen LogP contribution in [0.5, 0.6) is 0 Å². The zero-order chi connectivity index (χ0) is 19.7. The number of nitrogen functional groups attached to an aromatic ring is 1. The lowest BCUT2D eigenvalue weighted by Crippen LogP contribution is -2.40. The topological polar surface area (TPSA) is 63.4 Å². The van der Waals surface area contributed by atoms with Gasteiger partial charge in [-0.3, -0.25) is 9.59 Å². The Morgan fingerprint density at radius 2 is 1.63 bits per heavy atom. The fourth-order valence-corrected chi connectivity index (χ4v) is 3.37. The van der Waals surface area contributed by atoms with Crippen LogP contribution in [0, 0.1) is 30.3 Å². The normalized spacial score (nSPS) is 15.0. The van der Waals surface area contributed by atoms with Gasteiger partial charge in [0.2, 0.25) is 0 Å². The highest BCUT2D eigenvalue weighted by atomic mass is 19.1. The molecule has 0 aliphatic carbocycles. The van der Waals surface area contributed by atoms with Crippen LogP contribution >= 0.6 is 0 Å². The number of hydrogen-bond acceptors (Lipinski definition) is 3. The summed E-state index contributed by atoms with van der Waals surface area (Å²) < 4.78 is 40.7. The number of nitrogens with zero attached hydrogens (tertiary/aromatic N) is 1. The number of likely N-dealkylation sites (tertiary alicyclic amines) is 1. The number of Topliss-reactive ketones (excluding diaryl/α,β-unsaturated/α-hetero) is 1. The summed E-state index contributed by atoms with van der Waals surface area (Å²) in [5.74, 6) is -4.98. The summed E-state index contributed by atoms with van der Waals surface area (Å²) in [7, 11) is 0. The van der Waals surface area contributed by atoms with Gasteiger partial charge in [0, 0.05) is 42.4 Å². The summed E-state index contributed by atoms with van der Waals surface area (Å²) in [6.07, 6.45) is 0.560. The number of ketones is 1. The van der Waals surface area contributed by atoms with E-state index in [-0.39, 0.29) is 31.8 Å². The Labute approximate surface area is 154 Å². The lowest BCUT2D eigenvalue weighted by atomic mass is 9.88. The third-order valence-corrected chi connectivity index (χ3v) is 4.90. The average molecular weight is 376 g/mol. The minimum absolute atomic E-state index is 0.190. The molecule has 27 heavy (non-hydrogen) atoms. The molecule has 7 heteroatoms. The molecule has 1 aliphatic heterocycles. The number of piperidine rings is 1. The molecular weight excluding hydrogens is 357 g/mol. The van der Waals surface area contributed by atoms with Gasteiger partial charge in [-0.05, 0) is 37.5 Å². The molecule has 0 unspecified atom stereocenters. The molecule has 0 radical (unpaired) electrons. The average Bonchev–Trinajstić information content (AvgIpc) is 2.62. The molecule has 0 spiro atoms. The summed E-state index contributed by atoms with van der Waals surface area (Å²) in [5, 5.41) is 0. The van der Waals surface area contributed by atoms with E-state index in [0.29, 0.717) is 23.4 Å². The van der Waals surface area contributed by atoms with E-state index in [1.807, 2.05) is 6.92 Å². The van der Waals surface area contributed by atoms with Crippen LogP contribution in [0.4, 0.5) is 18.9 Å². The fraction of sp³-hybridized carbons (Fsp3) is 0.300. The van der Waals surface area contributed by atoms with Gasteiger partial charge >= 0.3 is 0 Å². The van der Waals surface area contributed by atoms with Crippen LogP contribution < -0.4 is 5.73 Å². The third kappa shape index (κ3) is 3.82. The molecule has 0 aromatic heterocycles. The highest BCUT2D eigenvalue weighted by Crippen LogP contribution is 2.26. The number of carbonyl (C=O) groups is 2. The molecule has 1 heterocycles. The molecule has 0 saturated carbocycles. The molecule has 0 bridgehead atoms. The minimum Gasteiger partial charge on any atom is -0.399 e. The number of amides is 1. The monoisotopic (exact) mass is 376 g/mol. The van der Waals surface area contributed by atoms with Crippen LogP contribution in [0.3, 0.4) is 0 Å². The van der Waals surface area contributed by atoms with Gasteiger partial charge in [-0.25, -0.2) is 13.2 Å². The predicted octanol–water partition coefficient (Wildman–Crippen LogP) is 3.73. The molecule has 4 nitrogen and oxygen atoms in total. The molecule has 3 rings (SSSR count). The highest BCUT2D eigenvalue weighted by Gasteiger charge is 2.31. The number of halogens is 3. The molecule has 2 aromatic carbocycles. The van der Waals surface area contributed by atoms with E-state index in [9.17, 15) is 22.8 Å². The molecule has 1 saturated heterocycles. The van der Waals surface area contributed by atoms with Gasteiger partial charge in [0.15, 0.2) is 5.78 Å². The molecular formula is C20H19F3N2O2. The van der Waals surface area contributed by atoms with E-state index < -0.39 is 34.7 Å². The first-order valence-corrected chi connectivity index (χ1v) is 8.62. The Kier molecular flexibility index (Phi) is 5.21. The number of hydrogen-bond donors (Lipinski definition) is 1. The van der Waals surface area contributed by atoms with Crippen LogP contribution in [0.2, 0.25) is 0 Å². The van der Waals surface area contributed by atoms with E-state index in [4.69, 9.17) is 5.73 Å². The van der Waals surface area contributed by atoms with Gasteiger partial charge in [-0.15, -0.1) is 0 Å². The van der Waals surface area contributed by atoms with Crippen molar-refractivity contribution in [2.24, 2.45) is 5.92 Å². The highest BCUT2D eigenvalue weighted by molar-refractivity contribution is 5.99. The third-order valence-electron chi connectivity index (χ3n) is 4.90. The number of rotatable bonds is 3. The van der Waals surface area contributed by atoms with Crippen molar-refractivity contribution < 1.29 is 22.8 Å². The van der Waals surface area contributed by atoms with Gasteiger partial charge in [0.1, 0.15) is 17.5 Å². The lowest BCUT2D eigenvalue weighted by molar-refractivity contribution is 0.0647. The fourth-order valence-electron chi connectivity index (χ4n) is 3.37.